The van der Waals surface area contributed by atoms with Gasteiger partial charge in [-0.25, -0.2) is 8.42 Å². The first-order valence-corrected chi connectivity index (χ1v) is 8.64. The lowest BCUT2D eigenvalue weighted by Crippen LogP contribution is -2.59. The number of nitrogens with zero attached hydrogens (tertiary/aromatic N) is 1. The largest absolute Gasteiger partial charge is 0.314 e. The summed E-state index contributed by atoms with van der Waals surface area (Å²) >= 11 is 0. The summed E-state index contributed by atoms with van der Waals surface area (Å²) in [6, 6.07) is 7.31. The Hall–Kier alpha value is -0.910. The molecular weight excluding hydrogens is 272 g/mol. The van der Waals surface area contributed by atoms with Gasteiger partial charge in [0, 0.05) is 25.2 Å². The minimum atomic E-state index is -3.41. The molecule has 1 aromatic carbocycles. The molecule has 0 unspecified atom stereocenters. The summed E-state index contributed by atoms with van der Waals surface area (Å²) in [5.74, 6) is 0. The second kappa shape index (κ2) is 5.84. The Morgan fingerprint density at radius 2 is 1.90 bits per heavy atom. The standard InChI is InChI=1S/C15H24N2O2S/c1-4-5-13-6-8-14(9-7-13)20(18,19)17-11-10-16-12-15(17,2)3/h6-9,16H,4-5,10-12H2,1-3H3. The Labute approximate surface area is 122 Å². The molecule has 1 aliphatic heterocycles. The van der Waals surface area contributed by atoms with Crippen LogP contribution >= 0.6 is 0 Å². The molecule has 5 heteroatoms. The van der Waals surface area contributed by atoms with Crippen molar-refractivity contribution in [3.05, 3.63) is 29.8 Å². The van der Waals surface area contributed by atoms with E-state index >= 15 is 0 Å². The van der Waals surface area contributed by atoms with Crippen molar-refractivity contribution in [2.24, 2.45) is 0 Å². The Balaban J connectivity index is 2.29. The number of sulfonamides is 1. The van der Waals surface area contributed by atoms with E-state index in [9.17, 15) is 8.42 Å². The van der Waals surface area contributed by atoms with Gasteiger partial charge in [0.25, 0.3) is 0 Å². The molecule has 0 aliphatic carbocycles. The molecule has 1 saturated heterocycles. The predicted octanol–water partition coefficient (Wildman–Crippen LogP) is 2.01. The van der Waals surface area contributed by atoms with E-state index in [1.807, 2.05) is 26.0 Å². The Kier molecular flexibility index (Phi) is 4.52. The molecule has 0 saturated carbocycles. The molecule has 2 rings (SSSR count). The first-order chi connectivity index (χ1) is 9.38. The van der Waals surface area contributed by atoms with E-state index in [1.165, 1.54) is 5.56 Å². The minimum absolute atomic E-state index is 0.390. The van der Waals surface area contributed by atoms with E-state index < -0.39 is 10.0 Å². The van der Waals surface area contributed by atoms with Crippen LogP contribution < -0.4 is 5.32 Å². The minimum Gasteiger partial charge on any atom is -0.314 e. The van der Waals surface area contributed by atoms with E-state index in [1.54, 1.807) is 16.4 Å². The molecule has 20 heavy (non-hydrogen) atoms. The first-order valence-electron chi connectivity index (χ1n) is 7.20. The Morgan fingerprint density at radius 3 is 2.45 bits per heavy atom. The average Bonchev–Trinajstić information content (AvgIpc) is 2.39. The zero-order valence-electron chi connectivity index (χ0n) is 12.5. The molecule has 112 valence electrons. The van der Waals surface area contributed by atoms with E-state index in [4.69, 9.17) is 0 Å². The van der Waals surface area contributed by atoms with Crippen molar-refractivity contribution in [2.45, 2.75) is 44.0 Å². The van der Waals surface area contributed by atoms with Gasteiger partial charge in [-0.05, 0) is 38.0 Å². The average molecular weight is 296 g/mol. The maximum atomic E-state index is 12.8. The molecule has 1 aliphatic rings. The van der Waals surface area contributed by atoms with Crippen molar-refractivity contribution in [1.29, 1.82) is 0 Å². The van der Waals surface area contributed by atoms with Gasteiger partial charge in [0.05, 0.1) is 4.90 Å². The van der Waals surface area contributed by atoms with Crippen LogP contribution in [0.4, 0.5) is 0 Å². The second-order valence-electron chi connectivity index (χ2n) is 5.96. The van der Waals surface area contributed by atoms with Crippen LogP contribution in [0.25, 0.3) is 0 Å². The van der Waals surface area contributed by atoms with Crippen molar-refractivity contribution < 1.29 is 8.42 Å². The highest BCUT2D eigenvalue weighted by Gasteiger charge is 2.38. The summed E-state index contributed by atoms with van der Waals surface area (Å²) < 4.78 is 27.2. The summed E-state index contributed by atoms with van der Waals surface area (Å²) in [5.41, 5.74) is 0.796. The fourth-order valence-electron chi connectivity index (χ4n) is 2.66. The summed E-state index contributed by atoms with van der Waals surface area (Å²) in [5, 5.41) is 3.25. The third-order valence-corrected chi connectivity index (χ3v) is 5.90. The first kappa shape index (κ1) is 15.5. The van der Waals surface area contributed by atoms with Gasteiger partial charge in [0.2, 0.25) is 10.0 Å². The van der Waals surface area contributed by atoms with Crippen molar-refractivity contribution in [3.63, 3.8) is 0 Å². The maximum absolute atomic E-state index is 12.8. The summed E-state index contributed by atoms with van der Waals surface area (Å²) in [6.45, 7) is 7.95. The number of benzene rings is 1. The van der Waals surface area contributed by atoms with Crippen LogP contribution in [0.2, 0.25) is 0 Å². The molecule has 0 radical (unpaired) electrons. The smallest absolute Gasteiger partial charge is 0.243 e. The van der Waals surface area contributed by atoms with Gasteiger partial charge < -0.3 is 5.32 Å². The highest BCUT2D eigenvalue weighted by atomic mass is 32.2. The van der Waals surface area contributed by atoms with Crippen LogP contribution in [-0.4, -0.2) is 37.9 Å². The lowest BCUT2D eigenvalue weighted by molar-refractivity contribution is 0.186. The summed E-state index contributed by atoms with van der Waals surface area (Å²) in [7, 11) is -3.41. The van der Waals surface area contributed by atoms with Crippen LogP contribution in [0, 0.1) is 0 Å². The topological polar surface area (TPSA) is 49.4 Å². The van der Waals surface area contributed by atoms with Crippen molar-refractivity contribution >= 4 is 10.0 Å². The third kappa shape index (κ3) is 3.05. The molecule has 0 amide bonds. The molecule has 0 bridgehead atoms. The van der Waals surface area contributed by atoms with Gasteiger partial charge in [0.15, 0.2) is 0 Å². The van der Waals surface area contributed by atoms with Crippen LogP contribution in [0.5, 0.6) is 0 Å². The monoisotopic (exact) mass is 296 g/mol. The lowest BCUT2D eigenvalue weighted by Gasteiger charge is -2.41. The number of hydrogen-bond donors (Lipinski definition) is 1. The van der Waals surface area contributed by atoms with Crippen LogP contribution in [-0.2, 0) is 16.4 Å². The van der Waals surface area contributed by atoms with E-state index in [0.717, 1.165) is 12.8 Å². The molecule has 0 spiro atoms. The normalized spacial score (nSPS) is 19.9. The molecule has 1 heterocycles. The second-order valence-corrected chi connectivity index (χ2v) is 7.82. The zero-order valence-corrected chi connectivity index (χ0v) is 13.3. The predicted molar refractivity (Wildman–Crippen MR) is 81.3 cm³/mol. The lowest BCUT2D eigenvalue weighted by atomic mass is 10.0. The number of nitrogens with one attached hydrogen (secondary N) is 1. The van der Waals surface area contributed by atoms with Crippen molar-refractivity contribution in [2.75, 3.05) is 19.6 Å². The Bertz CT molecular complexity index is 550. The third-order valence-electron chi connectivity index (χ3n) is 3.77. The van der Waals surface area contributed by atoms with Gasteiger partial charge in [-0.15, -0.1) is 0 Å². The summed E-state index contributed by atoms with van der Waals surface area (Å²) in [4.78, 5) is 0.396. The molecular formula is C15H24N2O2S. The highest BCUT2D eigenvalue weighted by Crippen LogP contribution is 2.26. The molecule has 1 aromatic rings. The van der Waals surface area contributed by atoms with Crippen molar-refractivity contribution in [3.8, 4) is 0 Å². The van der Waals surface area contributed by atoms with Gasteiger partial charge in [0.1, 0.15) is 0 Å². The van der Waals surface area contributed by atoms with Crippen LogP contribution in [0.3, 0.4) is 0 Å². The molecule has 0 aromatic heterocycles. The SMILES string of the molecule is CCCc1ccc(S(=O)(=O)N2CCNCC2(C)C)cc1. The molecule has 1 N–H and O–H groups in total. The van der Waals surface area contributed by atoms with Crippen LogP contribution in [0.1, 0.15) is 32.8 Å². The fraction of sp³-hybridized carbons (Fsp3) is 0.600. The van der Waals surface area contributed by atoms with Gasteiger partial charge in [-0.1, -0.05) is 25.5 Å². The Morgan fingerprint density at radius 1 is 1.25 bits per heavy atom. The number of piperazine rings is 1. The highest BCUT2D eigenvalue weighted by molar-refractivity contribution is 7.89. The van der Waals surface area contributed by atoms with E-state index in [-0.39, 0.29) is 5.54 Å². The maximum Gasteiger partial charge on any atom is 0.243 e. The van der Waals surface area contributed by atoms with Gasteiger partial charge in [-0.2, -0.15) is 4.31 Å². The quantitative estimate of drug-likeness (QED) is 0.924. The zero-order chi connectivity index (χ0) is 14.8. The van der Waals surface area contributed by atoms with E-state index in [2.05, 4.69) is 12.2 Å². The summed E-state index contributed by atoms with van der Waals surface area (Å²) in [6.07, 6.45) is 2.05. The van der Waals surface area contributed by atoms with Gasteiger partial charge >= 0.3 is 0 Å². The van der Waals surface area contributed by atoms with Crippen LogP contribution in [0.15, 0.2) is 29.2 Å². The number of rotatable bonds is 4. The van der Waals surface area contributed by atoms with E-state index in [0.29, 0.717) is 24.5 Å². The molecule has 1 fully saturated rings. The molecule has 4 nitrogen and oxygen atoms in total. The molecule has 0 atom stereocenters. The fourth-order valence-corrected chi connectivity index (χ4v) is 4.44. The van der Waals surface area contributed by atoms with Crippen molar-refractivity contribution in [1.82, 2.24) is 9.62 Å². The van der Waals surface area contributed by atoms with Gasteiger partial charge in [-0.3, -0.25) is 0 Å². The number of aryl methyl sites for hydroxylation is 1. The number of hydrogen-bond acceptors (Lipinski definition) is 3.